The monoisotopic (exact) mass is 240 g/mol. The lowest BCUT2D eigenvalue weighted by Crippen LogP contribution is -1.93. The van der Waals surface area contributed by atoms with Crippen molar-refractivity contribution in [3.05, 3.63) is 29.8 Å². The maximum absolute atomic E-state index is 2.26. The minimum Gasteiger partial charge on any atom is -0.0861 e. The SMILES string of the molecule is CC(C)Cc1ccc(SSC(C)C)cc1. The van der Waals surface area contributed by atoms with Crippen molar-refractivity contribution in [2.45, 2.75) is 44.3 Å². The third-order valence-corrected chi connectivity index (χ3v) is 4.87. The molecule has 0 N–H and O–H groups in total. The van der Waals surface area contributed by atoms with Crippen LogP contribution in [0.5, 0.6) is 0 Å². The normalized spacial score (nSPS) is 11.3. The highest BCUT2D eigenvalue weighted by Crippen LogP contribution is 2.34. The van der Waals surface area contributed by atoms with Gasteiger partial charge in [0.1, 0.15) is 0 Å². The van der Waals surface area contributed by atoms with Gasteiger partial charge in [0.15, 0.2) is 0 Å². The number of hydrogen-bond donors (Lipinski definition) is 0. The fourth-order valence-electron chi connectivity index (χ4n) is 1.30. The van der Waals surface area contributed by atoms with Gasteiger partial charge >= 0.3 is 0 Å². The molecule has 84 valence electrons. The summed E-state index contributed by atoms with van der Waals surface area (Å²) in [6, 6.07) is 8.97. The molecule has 1 aromatic carbocycles. The molecule has 0 bridgehead atoms. The van der Waals surface area contributed by atoms with Crippen molar-refractivity contribution in [1.29, 1.82) is 0 Å². The van der Waals surface area contributed by atoms with Gasteiger partial charge in [0.2, 0.25) is 0 Å². The number of hydrogen-bond acceptors (Lipinski definition) is 2. The number of benzene rings is 1. The standard InChI is InChI=1S/C13H20S2/c1-10(2)9-12-5-7-13(8-6-12)15-14-11(3)4/h5-8,10-11H,9H2,1-4H3. The van der Waals surface area contributed by atoms with E-state index in [9.17, 15) is 0 Å². The Kier molecular flexibility index (Phi) is 5.62. The molecular weight excluding hydrogens is 220 g/mol. The lowest BCUT2D eigenvalue weighted by atomic mass is 10.0. The van der Waals surface area contributed by atoms with Crippen molar-refractivity contribution in [3.63, 3.8) is 0 Å². The van der Waals surface area contributed by atoms with Crippen LogP contribution in [0.2, 0.25) is 0 Å². The first-order chi connectivity index (χ1) is 7.08. The Labute approximate surface area is 102 Å². The molecule has 0 aliphatic heterocycles. The van der Waals surface area contributed by atoms with Crippen LogP contribution in [0.4, 0.5) is 0 Å². The molecule has 0 aromatic heterocycles. The van der Waals surface area contributed by atoms with E-state index in [2.05, 4.69) is 52.0 Å². The van der Waals surface area contributed by atoms with Crippen molar-refractivity contribution >= 4 is 21.6 Å². The zero-order valence-electron chi connectivity index (χ0n) is 9.99. The summed E-state index contributed by atoms with van der Waals surface area (Å²) in [5.41, 5.74) is 1.45. The van der Waals surface area contributed by atoms with Crippen molar-refractivity contribution in [1.82, 2.24) is 0 Å². The van der Waals surface area contributed by atoms with Crippen molar-refractivity contribution in [2.24, 2.45) is 5.92 Å². The molecule has 0 nitrogen and oxygen atoms in total. The molecule has 0 spiro atoms. The highest BCUT2D eigenvalue weighted by molar-refractivity contribution is 8.76. The highest BCUT2D eigenvalue weighted by Gasteiger charge is 2.00. The molecule has 1 rings (SSSR count). The van der Waals surface area contributed by atoms with Gasteiger partial charge in [-0.3, -0.25) is 0 Å². The first-order valence-corrected chi connectivity index (χ1v) is 7.71. The summed E-state index contributed by atoms with van der Waals surface area (Å²) in [4.78, 5) is 1.36. The summed E-state index contributed by atoms with van der Waals surface area (Å²) in [6.45, 7) is 8.98. The molecule has 0 saturated heterocycles. The smallest absolute Gasteiger partial charge is 0.0183 e. The third-order valence-electron chi connectivity index (χ3n) is 1.90. The van der Waals surface area contributed by atoms with Gasteiger partial charge in [-0.2, -0.15) is 0 Å². The summed E-state index contributed by atoms with van der Waals surface area (Å²) < 4.78 is 0. The average Bonchev–Trinajstić information content (AvgIpc) is 2.16. The molecular formula is C13H20S2. The fraction of sp³-hybridized carbons (Fsp3) is 0.538. The molecule has 0 amide bonds. The quantitative estimate of drug-likeness (QED) is 0.662. The molecule has 0 radical (unpaired) electrons. The summed E-state index contributed by atoms with van der Waals surface area (Å²) in [7, 11) is 3.79. The largest absolute Gasteiger partial charge is 0.0861 e. The number of rotatable bonds is 5. The van der Waals surface area contributed by atoms with Crippen LogP contribution in [-0.4, -0.2) is 5.25 Å². The molecule has 0 atom stereocenters. The van der Waals surface area contributed by atoms with Crippen molar-refractivity contribution < 1.29 is 0 Å². The van der Waals surface area contributed by atoms with E-state index >= 15 is 0 Å². The van der Waals surface area contributed by atoms with Crippen LogP contribution >= 0.6 is 21.6 Å². The molecule has 0 heterocycles. The minimum atomic E-state index is 0.686. The summed E-state index contributed by atoms with van der Waals surface area (Å²) >= 11 is 0. The lowest BCUT2D eigenvalue weighted by molar-refractivity contribution is 0.647. The second-order valence-corrected chi connectivity index (χ2v) is 7.32. The van der Waals surface area contributed by atoms with Gasteiger partial charge < -0.3 is 0 Å². The molecule has 0 fully saturated rings. The Morgan fingerprint density at radius 3 is 2.07 bits per heavy atom. The predicted octanol–water partition coefficient (Wildman–Crippen LogP) is 5.03. The van der Waals surface area contributed by atoms with E-state index in [1.165, 1.54) is 16.9 Å². The first-order valence-electron chi connectivity index (χ1n) is 5.50. The second kappa shape index (κ2) is 6.49. The summed E-state index contributed by atoms with van der Waals surface area (Å²) in [5, 5.41) is 0.686. The highest BCUT2D eigenvalue weighted by atomic mass is 33.1. The summed E-state index contributed by atoms with van der Waals surface area (Å²) in [5.74, 6) is 0.744. The second-order valence-electron chi connectivity index (χ2n) is 4.47. The topological polar surface area (TPSA) is 0 Å². The van der Waals surface area contributed by atoms with Gasteiger partial charge in [-0.1, -0.05) is 61.4 Å². The van der Waals surface area contributed by atoms with E-state index in [0.717, 1.165) is 5.92 Å². The van der Waals surface area contributed by atoms with Crippen LogP contribution in [0.25, 0.3) is 0 Å². The minimum absolute atomic E-state index is 0.686. The summed E-state index contributed by atoms with van der Waals surface area (Å²) in [6.07, 6.45) is 1.18. The predicted molar refractivity (Wildman–Crippen MR) is 73.6 cm³/mol. The van der Waals surface area contributed by atoms with Crippen molar-refractivity contribution in [2.75, 3.05) is 0 Å². The maximum Gasteiger partial charge on any atom is 0.0183 e. The van der Waals surface area contributed by atoms with Gasteiger partial charge in [0.05, 0.1) is 0 Å². The van der Waals surface area contributed by atoms with E-state index in [4.69, 9.17) is 0 Å². The zero-order valence-corrected chi connectivity index (χ0v) is 11.6. The van der Waals surface area contributed by atoms with Gasteiger partial charge in [-0.15, -0.1) is 0 Å². The van der Waals surface area contributed by atoms with E-state index in [1.54, 1.807) is 0 Å². The van der Waals surface area contributed by atoms with Gasteiger partial charge in [-0.05, 0) is 30.0 Å². The molecule has 0 aliphatic rings. The maximum atomic E-state index is 2.26. The van der Waals surface area contributed by atoms with Crippen LogP contribution < -0.4 is 0 Å². The Balaban J connectivity index is 2.49. The Hall–Kier alpha value is -0.0800. The van der Waals surface area contributed by atoms with Crippen molar-refractivity contribution in [3.8, 4) is 0 Å². The molecule has 0 aliphatic carbocycles. The van der Waals surface area contributed by atoms with Gasteiger partial charge in [-0.25, -0.2) is 0 Å². The van der Waals surface area contributed by atoms with E-state index in [1.807, 2.05) is 21.6 Å². The molecule has 15 heavy (non-hydrogen) atoms. The molecule has 1 aromatic rings. The third kappa shape index (κ3) is 5.53. The van der Waals surface area contributed by atoms with Gasteiger partial charge in [0, 0.05) is 10.1 Å². The average molecular weight is 240 g/mol. The molecule has 0 saturated carbocycles. The van der Waals surface area contributed by atoms with Gasteiger partial charge in [0.25, 0.3) is 0 Å². The Morgan fingerprint density at radius 1 is 1.00 bits per heavy atom. The van der Waals surface area contributed by atoms with E-state index in [-0.39, 0.29) is 0 Å². The zero-order chi connectivity index (χ0) is 11.3. The van der Waals surface area contributed by atoms with Crippen LogP contribution in [0, 0.1) is 5.92 Å². The van der Waals surface area contributed by atoms with Crippen LogP contribution in [-0.2, 0) is 6.42 Å². The van der Waals surface area contributed by atoms with Crippen LogP contribution in [0.15, 0.2) is 29.2 Å². The molecule has 2 heteroatoms. The van der Waals surface area contributed by atoms with Crippen LogP contribution in [0.3, 0.4) is 0 Å². The Bertz CT molecular complexity index is 275. The van der Waals surface area contributed by atoms with Crippen LogP contribution in [0.1, 0.15) is 33.3 Å². The molecule has 0 unspecified atom stereocenters. The Morgan fingerprint density at radius 2 is 1.60 bits per heavy atom. The van der Waals surface area contributed by atoms with E-state index in [0.29, 0.717) is 5.25 Å². The fourth-order valence-corrected chi connectivity index (χ4v) is 3.10. The lowest BCUT2D eigenvalue weighted by Gasteiger charge is -2.07. The first kappa shape index (κ1) is 13.0. The van der Waals surface area contributed by atoms with E-state index < -0.39 is 0 Å².